The lowest BCUT2D eigenvalue weighted by Crippen LogP contribution is -2.19. The highest BCUT2D eigenvalue weighted by atomic mass is 19.1. The molecule has 76 valence electrons. The van der Waals surface area contributed by atoms with E-state index in [1.54, 1.807) is 6.07 Å². The molecule has 1 fully saturated rings. The van der Waals surface area contributed by atoms with Crippen LogP contribution in [-0.4, -0.2) is 13.1 Å². The van der Waals surface area contributed by atoms with Crippen LogP contribution in [0.5, 0.6) is 0 Å². The Kier molecular flexibility index (Phi) is 2.71. The van der Waals surface area contributed by atoms with E-state index in [0.717, 1.165) is 25.2 Å². The molecule has 0 saturated carbocycles. The van der Waals surface area contributed by atoms with Gasteiger partial charge >= 0.3 is 0 Å². The highest BCUT2D eigenvalue weighted by Gasteiger charge is 2.15. The van der Waals surface area contributed by atoms with Crippen molar-refractivity contribution in [3.8, 4) is 0 Å². The lowest BCUT2D eigenvalue weighted by atomic mass is 10.1. The summed E-state index contributed by atoms with van der Waals surface area (Å²) < 4.78 is 13.5. The predicted octanol–water partition coefficient (Wildman–Crippen LogP) is 2.99. The highest BCUT2D eigenvalue weighted by Crippen LogP contribution is 2.24. The molecule has 14 heavy (non-hydrogen) atoms. The first-order valence-electron chi connectivity index (χ1n) is 5.34. The Morgan fingerprint density at radius 2 is 2.00 bits per heavy atom. The van der Waals surface area contributed by atoms with Gasteiger partial charge in [-0.3, -0.25) is 0 Å². The minimum Gasteiger partial charge on any atom is -0.369 e. The van der Waals surface area contributed by atoms with Gasteiger partial charge in [0.05, 0.1) is 5.69 Å². The minimum absolute atomic E-state index is 0.0795. The summed E-state index contributed by atoms with van der Waals surface area (Å²) in [5, 5.41) is 0. The number of anilines is 1. The lowest BCUT2D eigenvalue weighted by Gasteiger charge is -2.18. The third-order valence-electron chi connectivity index (χ3n) is 2.87. The maximum atomic E-state index is 13.5. The Bertz CT molecular complexity index is 316. The molecule has 1 aliphatic rings. The van der Waals surface area contributed by atoms with E-state index < -0.39 is 0 Å². The van der Waals surface area contributed by atoms with Crippen LogP contribution in [0.25, 0.3) is 0 Å². The van der Waals surface area contributed by atoms with Gasteiger partial charge in [0.2, 0.25) is 0 Å². The molecule has 0 N–H and O–H groups in total. The number of benzene rings is 1. The second-order valence-corrected chi connectivity index (χ2v) is 3.83. The Labute approximate surface area is 84.5 Å². The molecule has 1 aliphatic heterocycles. The van der Waals surface area contributed by atoms with Gasteiger partial charge in [-0.25, -0.2) is 4.39 Å². The number of nitrogens with zero attached hydrogens (tertiary/aromatic N) is 1. The van der Waals surface area contributed by atoms with Gasteiger partial charge in [0, 0.05) is 13.1 Å². The van der Waals surface area contributed by atoms with Gasteiger partial charge in [0.25, 0.3) is 0 Å². The zero-order valence-corrected chi connectivity index (χ0v) is 8.59. The van der Waals surface area contributed by atoms with Crippen molar-refractivity contribution in [1.29, 1.82) is 0 Å². The van der Waals surface area contributed by atoms with Gasteiger partial charge in [-0.2, -0.15) is 0 Å². The number of hydrogen-bond donors (Lipinski definition) is 0. The maximum Gasteiger partial charge on any atom is 0.146 e. The molecule has 0 aliphatic carbocycles. The van der Waals surface area contributed by atoms with Crippen molar-refractivity contribution in [3.05, 3.63) is 29.6 Å². The van der Waals surface area contributed by atoms with Crippen LogP contribution in [0.15, 0.2) is 18.2 Å². The average molecular weight is 193 g/mol. The van der Waals surface area contributed by atoms with Gasteiger partial charge in [-0.1, -0.05) is 13.0 Å². The quantitative estimate of drug-likeness (QED) is 0.698. The molecule has 1 heterocycles. The molecule has 1 nitrogen and oxygen atoms in total. The summed E-state index contributed by atoms with van der Waals surface area (Å²) in [6, 6.07) is 5.45. The second kappa shape index (κ2) is 3.99. The third kappa shape index (κ3) is 1.74. The summed E-state index contributed by atoms with van der Waals surface area (Å²) in [6.07, 6.45) is 3.35. The van der Waals surface area contributed by atoms with Crippen LogP contribution in [0.4, 0.5) is 10.1 Å². The van der Waals surface area contributed by atoms with Gasteiger partial charge in [-0.15, -0.1) is 0 Å². The van der Waals surface area contributed by atoms with Crippen LogP contribution < -0.4 is 4.90 Å². The van der Waals surface area contributed by atoms with E-state index in [2.05, 4.69) is 11.8 Å². The van der Waals surface area contributed by atoms with Crippen molar-refractivity contribution in [1.82, 2.24) is 0 Å². The molecular weight excluding hydrogens is 177 g/mol. The van der Waals surface area contributed by atoms with Crippen molar-refractivity contribution in [2.24, 2.45) is 0 Å². The standard InChI is InChI=1S/C12H16FN/c1-2-10-5-6-11(13)12(9-10)14-7-3-4-8-14/h5-6,9H,2-4,7-8H2,1H3. The van der Waals surface area contributed by atoms with Crippen LogP contribution >= 0.6 is 0 Å². The van der Waals surface area contributed by atoms with E-state index >= 15 is 0 Å². The zero-order chi connectivity index (χ0) is 9.97. The summed E-state index contributed by atoms with van der Waals surface area (Å²) >= 11 is 0. The summed E-state index contributed by atoms with van der Waals surface area (Å²) in [4.78, 5) is 2.15. The first-order chi connectivity index (χ1) is 6.81. The molecule has 2 rings (SSSR count). The van der Waals surface area contributed by atoms with Crippen LogP contribution in [0.3, 0.4) is 0 Å². The van der Waals surface area contributed by atoms with E-state index in [9.17, 15) is 4.39 Å². The van der Waals surface area contributed by atoms with Crippen molar-refractivity contribution in [2.45, 2.75) is 26.2 Å². The number of aryl methyl sites for hydroxylation is 1. The summed E-state index contributed by atoms with van der Waals surface area (Å²) in [7, 11) is 0. The third-order valence-corrected chi connectivity index (χ3v) is 2.87. The van der Waals surface area contributed by atoms with Gasteiger partial charge in [0.15, 0.2) is 0 Å². The van der Waals surface area contributed by atoms with Crippen molar-refractivity contribution in [2.75, 3.05) is 18.0 Å². The Morgan fingerprint density at radius 1 is 1.29 bits per heavy atom. The van der Waals surface area contributed by atoms with Crippen LogP contribution in [0, 0.1) is 5.82 Å². The van der Waals surface area contributed by atoms with Crippen LogP contribution in [0.1, 0.15) is 25.3 Å². The fraction of sp³-hybridized carbons (Fsp3) is 0.500. The summed E-state index contributed by atoms with van der Waals surface area (Å²) in [5.41, 5.74) is 2.01. The molecule has 1 saturated heterocycles. The molecule has 0 unspecified atom stereocenters. The Hall–Kier alpha value is -1.05. The minimum atomic E-state index is -0.0795. The topological polar surface area (TPSA) is 3.24 Å². The van der Waals surface area contributed by atoms with E-state index in [4.69, 9.17) is 0 Å². The average Bonchev–Trinajstić information content (AvgIpc) is 2.71. The first-order valence-corrected chi connectivity index (χ1v) is 5.34. The second-order valence-electron chi connectivity index (χ2n) is 3.83. The molecule has 0 atom stereocenters. The van der Waals surface area contributed by atoms with Gasteiger partial charge in [-0.05, 0) is 37.0 Å². The Morgan fingerprint density at radius 3 is 2.64 bits per heavy atom. The van der Waals surface area contributed by atoms with Gasteiger partial charge < -0.3 is 4.90 Å². The maximum absolute atomic E-state index is 13.5. The zero-order valence-electron chi connectivity index (χ0n) is 8.59. The van der Waals surface area contributed by atoms with E-state index in [1.807, 2.05) is 12.1 Å². The normalized spacial score (nSPS) is 16.3. The molecule has 0 radical (unpaired) electrons. The fourth-order valence-corrected chi connectivity index (χ4v) is 1.98. The van der Waals surface area contributed by atoms with Gasteiger partial charge in [0.1, 0.15) is 5.82 Å². The summed E-state index contributed by atoms with van der Waals surface area (Å²) in [6.45, 7) is 4.11. The monoisotopic (exact) mass is 193 g/mol. The van der Waals surface area contributed by atoms with Crippen molar-refractivity contribution >= 4 is 5.69 Å². The molecule has 2 heteroatoms. The van der Waals surface area contributed by atoms with E-state index in [-0.39, 0.29) is 5.82 Å². The lowest BCUT2D eigenvalue weighted by molar-refractivity contribution is 0.622. The van der Waals surface area contributed by atoms with E-state index in [1.165, 1.54) is 18.4 Å². The molecule has 0 amide bonds. The Balaban J connectivity index is 2.29. The highest BCUT2D eigenvalue weighted by molar-refractivity contribution is 5.50. The fourth-order valence-electron chi connectivity index (χ4n) is 1.98. The predicted molar refractivity (Wildman–Crippen MR) is 57.2 cm³/mol. The van der Waals surface area contributed by atoms with E-state index in [0.29, 0.717) is 0 Å². The first kappa shape index (κ1) is 9.50. The number of rotatable bonds is 2. The number of hydrogen-bond acceptors (Lipinski definition) is 1. The smallest absolute Gasteiger partial charge is 0.146 e. The number of halogens is 1. The van der Waals surface area contributed by atoms with Crippen LogP contribution in [0.2, 0.25) is 0 Å². The SMILES string of the molecule is CCc1ccc(F)c(N2CCCC2)c1. The molecule has 1 aromatic rings. The molecule has 0 spiro atoms. The van der Waals surface area contributed by atoms with Crippen molar-refractivity contribution in [3.63, 3.8) is 0 Å². The van der Waals surface area contributed by atoms with Crippen LogP contribution in [-0.2, 0) is 6.42 Å². The molecule has 0 bridgehead atoms. The largest absolute Gasteiger partial charge is 0.369 e. The molecule has 1 aromatic carbocycles. The van der Waals surface area contributed by atoms with Crippen molar-refractivity contribution < 1.29 is 4.39 Å². The summed E-state index contributed by atoms with van der Waals surface area (Å²) in [5.74, 6) is -0.0795. The molecule has 0 aromatic heterocycles. The molecular formula is C12H16FN.